The maximum Gasteiger partial charge on any atom is 0.226 e. The van der Waals surface area contributed by atoms with Crippen molar-refractivity contribution in [1.82, 2.24) is 4.98 Å². The molecule has 16 heavy (non-hydrogen) atoms. The number of aryl methyl sites for hydroxylation is 1. The number of nitrogens with zero attached hydrogens (tertiary/aromatic N) is 1. The van der Waals surface area contributed by atoms with E-state index in [1.54, 1.807) is 6.20 Å². The fourth-order valence-electron chi connectivity index (χ4n) is 1.62. The summed E-state index contributed by atoms with van der Waals surface area (Å²) in [5, 5.41) is 0. The molecule has 0 unspecified atom stereocenters. The summed E-state index contributed by atoms with van der Waals surface area (Å²) >= 11 is 0. The molecule has 0 aliphatic carbocycles. The van der Waals surface area contributed by atoms with Crippen molar-refractivity contribution in [3.05, 3.63) is 41.8 Å². The first-order chi connectivity index (χ1) is 7.70. The normalized spacial score (nSPS) is 11.0. The maximum absolute atomic E-state index is 5.61. The molecule has 1 heterocycles. The molecule has 0 saturated heterocycles. The van der Waals surface area contributed by atoms with E-state index in [2.05, 4.69) is 50.0 Å². The Kier molecular flexibility index (Phi) is 3.09. The van der Waals surface area contributed by atoms with Gasteiger partial charge in [-0.2, -0.15) is 0 Å². The number of hydrogen-bond acceptors (Lipinski definition) is 2. The average molecular weight is 215 g/mol. The van der Waals surface area contributed by atoms with Gasteiger partial charge in [0.05, 0.1) is 6.20 Å². The SMILES string of the molecule is CCc1cnc(-c2ccc(C(C)C)cc2)o1. The molecule has 0 aliphatic heterocycles. The lowest BCUT2D eigenvalue weighted by Crippen LogP contribution is -1.86. The monoisotopic (exact) mass is 215 g/mol. The van der Waals surface area contributed by atoms with Crippen molar-refractivity contribution in [2.45, 2.75) is 33.1 Å². The second-order valence-electron chi connectivity index (χ2n) is 4.26. The highest BCUT2D eigenvalue weighted by molar-refractivity contribution is 5.53. The molecule has 1 aromatic heterocycles. The van der Waals surface area contributed by atoms with Gasteiger partial charge in [-0.1, -0.05) is 32.9 Å². The van der Waals surface area contributed by atoms with E-state index in [1.807, 2.05) is 0 Å². The lowest BCUT2D eigenvalue weighted by Gasteiger charge is -2.04. The lowest BCUT2D eigenvalue weighted by molar-refractivity contribution is 0.524. The highest BCUT2D eigenvalue weighted by Crippen LogP contribution is 2.22. The Balaban J connectivity index is 2.27. The van der Waals surface area contributed by atoms with Crippen LogP contribution in [0.15, 0.2) is 34.9 Å². The van der Waals surface area contributed by atoms with Crippen LogP contribution in [0.5, 0.6) is 0 Å². The largest absolute Gasteiger partial charge is 0.441 e. The fourth-order valence-corrected chi connectivity index (χ4v) is 1.62. The van der Waals surface area contributed by atoms with Crippen molar-refractivity contribution in [3.8, 4) is 11.5 Å². The molecular formula is C14H17NO. The van der Waals surface area contributed by atoms with Crippen LogP contribution in [0.25, 0.3) is 11.5 Å². The zero-order chi connectivity index (χ0) is 11.5. The Labute approximate surface area is 96.3 Å². The zero-order valence-electron chi connectivity index (χ0n) is 10.0. The van der Waals surface area contributed by atoms with E-state index in [-0.39, 0.29) is 0 Å². The van der Waals surface area contributed by atoms with Crippen LogP contribution in [0.1, 0.15) is 38.0 Å². The van der Waals surface area contributed by atoms with E-state index in [4.69, 9.17) is 4.42 Å². The van der Waals surface area contributed by atoms with Crippen molar-refractivity contribution in [2.75, 3.05) is 0 Å². The van der Waals surface area contributed by atoms with Gasteiger partial charge in [-0.05, 0) is 23.6 Å². The quantitative estimate of drug-likeness (QED) is 0.772. The molecule has 0 atom stereocenters. The van der Waals surface area contributed by atoms with Gasteiger partial charge in [0.25, 0.3) is 0 Å². The molecule has 1 aromatic carbocycles. The van der Waals surface area contributed by atoms with Crippen LogP contribution in [0.3, 0.4) is 0 Å². The molecule has 2 heteroatoms. The maximum atomic E-state index is 5.61. The minimum absolute atomic E-state index is 0.560. The molecule has 2 aromatic rings. The van der Waals surface area contributed by atoms with E-state index >= 15 is 0 Å². The Morgan fingerprint density at radius 3 is 2.38 bits per heavy atom. The number of aromatic nitrogens is 1. The molecule has 0 bridgehead atoms. The second-order valence-corrected chi connectivity index (χ2v) is 4.26. The van der Waals surface area contributed by atoms with Crippen molar-refractivity contribution in [1.29, 1.82) is 0 Å². The first kappa shape index (κ1) is 10.9. The average Bonchev–Trinajstić information content (AvgIpc) is 2.77. The summed E-state index contributed by atoms with van der Waals surface area (Å²) in [7, 11) is 0. The molecule has 0 fully saturated rings. The van der Waals surface area contributed by atoms with Gasteiger partial charge < -0.3 is 4.42 Å². The fraction of sp³-hybridized carbons (Fsp3) is 0.357. The number of oxazole rings is 1. The molecule has 0 N–H and O–H groups in total. The van der Waals surface area contributed by atoms with Gasteiger partial charge >= 0.3 is 0 Å². The topological polar surface area (TPSA) is 26.0 Å². The zero-order valence-corrected chi connectivity index (χ0v) is 10.0. The van der Waals surface area contributed by atoms with Crippen molar-refractivity contribution in [2.24, 2.45) is 0 Å². The lowest BCUT2D eigenvalue weighted by atomic mass is 10.0. The third-order valence-corrected chi connectivity index (χ3v) is 2.73. The molecule has 0 radical (unpaired) electrons. The standard InChI is InChI=1S/C14H17NO/c1-4-13-9-15-14(16-13)12-7-5-11(6-8-12)10(2)3/h5-10H,4H2,1-3H3. The highest BCUT2D eigenvalue weighted by Gasteiger charge is 2.06. The Morgan fingerprint density at radius 2 is 1.88 bits per heavy atom. The number of hydrogen-bond donors (Lipinski definition) is 0. The smallest absolute Gasteiger partial charge is 0.226 e. The van der Waals surface area contributed by atoms with Gasteiger partial charge in [0.15, 0.2) is 0 Å². The summed E-state index contributed by atoms with van der Waals surface area (Å²) in [4.78, 5) is 4.27. The summed E-state index contributed by atoms with van der Waals surface area (Å²) in [6, 6.07) is 8.41. The van der Waals surface area contributed by atoms with Gasteiger partial charge in [0.2, 0.25) is 5.89 Å². The van der Waals surface area contributed by atoms with Crippen molar-refractivity contribution >= 4 is 0 Å². The first-order valence-corrected chi connectivity index (χ1v) is 5.75. The Bertz CT molecular complexity index is 454. The molecule has 84 valence electrons. The van der Waals surface area contributed by atoms with E-state index < -0.39 is 0 Å². The molecule has 2 rings (SSSR count). The van der Waals surface area contributed by atoms with Crippen molar-refractivity contribution < 1.29 is 4.42 Å². The predicted molar refractivity (Wildman–Crippen MR) is 65.4 cm³/mol. The Hall–Kier alpha value is -1.57. The molecule has 0 aliphatic rings. The Morgan fingerprint density at radius 1 is 1.19 bits per heavy atom. The molecule has 0 amide bonds. The highest BCUT2D eigenvalue weighted by atomic mass is 16.4. The molecule has 0 saturated carbocycles. The van der Waals surface area contributed by atoms with E-state index in [0.717, 1.165) is 17.7 Å². The third-order valence-electron chi connectivity index (χ3n) is 2.73. The van der Waals surface area contributed by atoms with Crippen LogP contribution in [-0.4, -0.2) is 4.98 Å². The van der Waals surface area contributed by atoms with Crippen LogP contribution < -0.4 is 0 Å². The number of benzene rings is 1. The number of rotatable bonds is 3. The summed E-state index contributed by atoms with van der Waals surface area (Å²) in [6.45, 7) is 6.44. The van der Waals surface area contributed by atoms with Crippen LogP contribution in [0, 0.1) is 0 Å². The van der Waals surface area contributed by atoms with Gasteiger partial charge in [0, 0.05) is 12.0 Å². The van der Waals surface area contributed by atoms with E-state index in [0.29, 0.717) is 11.8 Å². The second kappa shape index (κ2) is 4.52. The summed E-state index contributed by atoms with van der Waals surface area (Å²) in [5.41, 5.74) is 2.38. The van der Waals surface area contributed by atoms with Crippen LogP contribution in [0.2, 0.25) is 0 Å². The first-order valence-electron chi connectivity index (χ1n) is 5.75. The van der Waals surface area contributed by atoms with E-state index in [1.165, 1.54) is 5.56 Å². The van der Waals surface area contributed by atoms with Crippen LogP contribution >= 0.6 is 0 Å². The summed E-state index contributed by atoms with van der Waals surface area (Å²) in [5.74, 6) is 2.21. The predicted octanol–water partition coefficient (Wildman–Crippen LogP) is 4.03. The third kappa shape index (κ3) is 2.16. The van der Waals surface area contributed by atoms with Gasteiger partial charge in [0.1, 0.15) is 5.76 Å². The molecule has 0 spiro atoms. The molecular weight excluding hydrogens is 198 g/mol. The van der Waals surface area contributed by atoms with Gasteiger partial charge in [-0.15, -0.1) is 0 Å². The van der Waals surface area contributed by atoms with Crippen LogP contribution in [0.4, 0.5) is 0 Å². The minimum atomic E-state index is 0.560. The summed E-state index contributed by atoms with van der Waals surface area (Å²) in [6.07, 6.45) is 2.68. The minimum Gasteiger partial charge on any atom is -0.441 e. The van der Waals surface area contributed by atoms with E-state index in [9.17, 15) is 0 Å². The van der Waals surface area contributed by atoms with Gasteiger partial charge in [-0.3, -0.25) is 0 Å². The summed E-state index contributed by atoms with van der Waals surface area (Å²) < 4.78 is 5.61. The van der Waals surface area contributed by atoms with Crippen LogP contribution in [-0.2, 0) is 6.42 Å². The molecule has 2 nitrogen and oxygen atoms in total. The van der Waals surface area contributed by atoms with Crippen molar-refractivity contribution in [3.63, 3.8) is 0 Å². The van der Waals surface area contributed by atoms with Gasteiger partial charge in [-0.25, -0.2) is 4.98 Å².